The molecule has 3 aromatic rings. The Hall–Kier alpha value is -3.45. The average molecular weight is 390 g/mol. The maximum atomic E-state index is 12.7. The van der Waals surface area contributed by atoms with E-state index in [1.54, 1.807) is 30.5 Å². The molecule has 1 aliphatic heterocycles. The molecule has 1 unspecified atom stereocenters. The van der Waals surface area contributed by atoms with Crippen LogP contribution in [0.15, 0.2) is 67.0 Å². The van der Waals surface area contributed by atoms with Crippen LogP contribution in [0.1, 0.15) is 28.8 Å². The molecule has 148 valence electrons. The van der Waals surface area contributed by atoms with Crippen molar-refractivity contribution in [2.24, 2.45) is 0 Å². The molecule has 1 aliphatic rings. The molecule has 29 heavy (non-hydrogen) atoms. The summed E-state index contributed by atoms with van der Waals surface area (Å²) in [7, 11) is 0. The van der Waals surface area contributed by atoms with Crippen LogP contribution >= 0.6 is 0 Å². The molecule has 2 heterocycles. The van der Waals surface area contributed by atoms with Crippen molar-refractivity contribution in [1.29, 1.82) is 0 Å². The average Bonchev–Trinajstić information content (AvgIpc) is 3.43. The highest BCUT2D eigenvalue weighted by Gasteiger charge is 2.23. The third-order valence-corrected chi connectivity index (χ3v) is 4.70. The van der Waals surface area contributed by atoms with Gasteiger partial charge in [-0.05, 0) is 54.8 Å². The van der Waals surface area contributed by atoms with Crippen molar-refractivity contribution < 1.29 is 14.3 Å². The minimum atomic E-state index is -0.412. The van der Waals surface area contributed by atoms with Gasteiger partial charge in [-0.2, -0.15) is 5.10 Å². The van der Waals surface area contributed by atoms with Crippen LogP contribution in [0.3, 0.4) is 0 Å². The van der Waals surface area contributed by atoms with Gasteiger partial charge in [-0.3, -0.25) is 14.3 Å². The van der Waals surface area contributed by atoms with Gasteiger partial charge in [0.2, 0.25) is 0 Å². The highest BCUT2D eigenvalue weighted by atomic mass is 16.5. The first-order valence-corrected chi connectivity index (χ1v) is 9.58. The standard InChI is InChI=1S/C22H22N4O3/c27-21(24-18-7-1-5-16(13-18)15-26-11-4-10-23-26)17-6-2-8-19(14-17)25-22(28)20-9-3-12-29-20/h1-2,4-8,10-11,13-14,20H,3,9,12,15H2,(H,24,27)(H,25,28). The predicted octanol–water partition coefficient (Wildman–Crippen LogP) is 3.30. The monoisotopic (exact) mass is 390 g/mol. The molecule has 2 aromatic carbocycles. The largest absolute Gasteiger partial charge is 0.368 e. The number of hydrogen-bond donors (Lipinski definition) is 2. The SMILES string of the molecule is O=C(Nc1cccc(Cn2cccn2)c1)c1cccc(NC(=O)C2CCCO2)c1. The highest BCUT2D eigenvalue weighted by Crippen LogP contribution is 2.18. The molecule has 1 aromatic heterocycles. The second-order valence-electron chi connectivity index (χ2n) is 6.93. The molecule has 0 radical (unpaired) electrons. The van der Waals surface area contributed by atoms with Crippen molar-refractivity contribution >= 4 is 23.2 Å². The number of nitrogens with zero attached hydrogens (tertiary/aromatic N) is 2. The van der Waals surface area contributed by atoms with Gasteiger partial charge < -0.3 is 15.4 Å². The van der Waals surface area contributed by atoms with Crippen LogP contribution in [0.2, 0.25) is 0 Å². The van der Waals surface area contributed by atoms with Gasteiger partial charge in [-0.1, -0.05) is 18.2 Å². The molecule has 4 rings (SSSR count). The number of nitrogens with one attached hydrogen (secondary N) is 2. The Morgan fingerprint density at radius 2 is 1.90 bits per heavy atom. The smallest absolute Gasteiger partial charge is 0.255 e. The van der Waals surface area contributed by atoms with E-state index in [9.17, 15) is 9.59 Å². The van der Waals surface area contributed by atoms with Gasteiger partial charge in [0.25, 0.3) is 11.8 Å². The van der Waals surface area contributed by atoms with E-state index in [2.05, 4.69) is 15.7 Å². The zero-order chi connectivity index (χ0) is 20.1. The second-order valence-corrected chi connectivity index (χ2v) is 6.93. The number of benzene rings is 2. The topological polar surface area (TPSA) is 85.3 Å². The van der Waals surface area contributed by atoms with E-state index in [-0.39, 0.29) is 11.8 Å². The summed E-state index contributed by atoms with van der Waals surface area (Å²) in [5, 5.41) is 9.93. The number of rotatable bonds is 6. The van der Waals surface area contributed by atoms with Crippen molar-refractivity contribution in [1.82, 2.24) is 9.78 Å². The van der Waals surface area contributed by atoms with Gasteiger partial charge in [-0.15, -0.1) is 0 Å². The Labute approximate surface area is 168 Å². The fourth-order valence-corrected chi connectivity index (χ4v) is 3.28. The molecule has 2 N–H and O–H groups in total. The van der Waals surface area contributed by atoms with Crippen molar-refractivity contribution in [2.75, 3.05) is 17.2 Å². The van der Waals surface area contributed by atoms with E-state index in [1.807, 2.05) is 41.2 Å². The Balaban J connectivity index is 1.41. The number of hydrogen-bond acceptors (Lipinski definition) is 4. The van der Waals surface area contributed by atoms with E-state index >= 15 is 0 Å². The number of amides is 2. The number of aromatic nitrogens is 2. The summed E-state index contributed by atoms with van der Waals surface area (Å²) in [6.45, 7) is 1.24. The first kappa shape index (κ1) is 18.9. The number of anilines is 2. The van der Waals surface area contributed by atoms with Crippen LogP contribution in [-0.2, 0) is 16.1 Å². The third-order valence-electron chi connectivity index (χ3n) is 4.70. The third kappa shape index (κ3) is 4.89. The Morgan fingerprint density at radius 3 is 2.66 bits per heavy atom. The van der Waals surface area contributed by atoms with Crippen molar-refractivity contribution in [3.8, 4) is 0 Å². The molecule has 7 nitrogen and oxygen atoms in total. The number of ether oxygens (including phenoxy) is 1. The van der Waals surface area contributed by atoms with Gasteiger partial charge in [0, 0.05) is 35.9 Å². The van der Waals surface area contributed by atoms with Crippen LogP contribution in [0.4, 0.5) is 11.4 Å². The number of carbonyl (C=O) groups is 2. The molecule has 1 saturated heterocycles. The first-order chi connectivity index (χ1) is 14.2. The van der Waals surface area contributed by atoms with Gasteiger partial charge in [0.15, 0.2) is 0 Å². The minimum absolute atomic E-state index is 0.175. The Bertz CT molecular complexity index is 995. The summed E-state index contributed by atoms with van der Waals surface area (Å²) < 4.78 is 7.22. The van der Waals surface area contributed by atoms with Crippen LogP contribution in [0, 0.1) is 0 Å². The second kappa shape index (κ2) is 8.70. The van der Waals surface area contributed by atoms with Crippen molar-refractivity contribution in [2.45, 2.75) is 25.5 Å². The van der Waals surface area contributed by atoms with Gasteiger partial charge in [-0.25, -0.2) is 0 Å². The summed E-state index contributed by atoms with van der Waals surface area (Å²) in [5.41, 5.74) is 2.77. The van der Waals surface area contributed by atoms with Gasteiger partial charge in [0.1, 0.15) is 6.10 Å². The quantitative estimate of drug-likeness (QED) is 0.676. The zero-order valence-electron chi connectivity index (χ0n) is 15.9. The lowest BCUT2D eigenvalue weighted by molar-refractivity contribution is -0.124. The van der Waals surface area contributed by atoms with E-state index in [0.717, 1.165) is 18.4 Å². The molecule has 1 atom stereocenters. The lowest BCUT2D eigenvalue weighted by Gasteiger charge is -2.12. The fourth-order valence-electron chi connectivity index (χ4n) is 3.28. The molecular weight excluding hydrogens is 368 g/mol. The van der Waals surface area contributed by atoms with E-state index < -0.39 is 6.10 Å². The van der Waals surface area contributed by atoms with E-state index in [1.165, 1.54) is 0 Å². The van der Waals surface area contributed by atoms with E-state index in [0.29, 0.717) is 30.1 Å². The van der Waals surface area contributed by atoms with Crippen molar-refractivity contribution in [3.63, 3.8) is 0 Å². The summed E-state index contributed by atoms with van der Waals surface area (Å²) in [5.74, 6) is -0.416. The summed E-state index contributed by atoms with van der Waals surface area (Å²) >= 11 is 0. The van der Waals surface area contributed by atoms with Gasteiger partial charge >= 0.3 is 0 Å². The molecule has 1 fully saturated rings. The molecule has 0 aliphatic carbocycles. The predicted molar refractivity (Wildman–Crippen MR) is 110 cm³/mol. The molecule has 0 bridgehead atoms. The zero-order valence-corrected chi connectivity index (χ0v) is 15.9. The lowest BCUT2D eigenvalue weighted by Crippen LogP contribution is -2.27. The first-order valence-electron chi connectivity index (χ1n) is 9.58. The van der Waals surface area contributed by atoms with Gasteiger partial charge in [0.05, 0.1) is 6.54 Å². The van der Waals surface area contributed by atoms with Crippen LogP contribution in [0.25, 0.3) is 0 Å². The minimum Gasteiger partial charge on any atom is -0.368 e. The molecule has 2 amide bonds. The molecule has 0 spiro atoms. The molecule has 0 saturated carbocycles. The highest BCUT2D eigenvalue weighted by molar-refractivity contribution is 6.05. The van der Waals surface area contributed by atoms with Crippen LogP contribution < -0.4 is 10.6 Å². The maximum absolute atomic E-state index is 12.7. The van der Waals surface area contributed by atoms with Crippen LogP contribution in [0.5, 0.6) is 0 Å². The lowest BCUT2D eigenvalue weighted by atomic mass is 10.1. The fraction of sp³-hybridized carbons (Fsp3) is 0.227. The van der Waals surface area contributed by atoms with Crippen LogP contribution in [-0.4, -0.2) is 34.3 Å². The summed E-state index contributed by atoms with van der Waals surface area (Å²) in [6, 6.07) is 16.4. The Morgan fingerprint density at radius 1 is 1.07 bits per heavy atom. The Kier molecular flexibility index (Phi) is 5.67. The van der Waals surface area contributed by atoms with Crippen molar-refractivity contribution in [3.05, 3.63) is 78.1 Å². The molecule has 7 heteroatoms. The number of carbonyl (C=O) groups excluding carboxylic acids is 2. The maximum Gasteiger partial charge on any atom is 0.255 e. The summed E-state index contributed by atoms with van der Waals surface area (Å²) in [6.07, 6.45) is 4.82. The normalized spacial score (nSPS) is 15.8. The molecular formula is C22H22N4O3. The van der Waals surface area contributed by atoms with E-state index in [4.69, 9.17) is 4.74 Å². The summed E-state index contributed by atoms with van der Waals surface area (Å²) in [4.78, 5) is 24.9.